The van der Waals surface area contributed by atoms with Gasteiger partial charge in [0.1, 0.15) is 11.8 Å². The lowest BCUT2D eigenvalue weighted by Gasteiger charge is -2.34. The first-order valence-electron chi connectivity index (χ1n) is 5.81. The number of nitrogens with zero attached hydrogens (tertiary/aromatic N) is 1. The molecule has 18 heavy (non-hydrogen) atoms. The van der Waals surface area contributed by atoms with Crippen molar-refractivity contribution in [3.05, 3.63) is 11.8 Å². The van der Waals surface area contributed by atoms with E-state index in [-0.39, 0.29) is 23.6 Å². The molecule has 1 amide bonds. The van der Waals surface area contributed by atoms with E-state index in [0.717, 1.165) is 0 Å². The number of fused-ring (bicyclic) bond motifs is 1. The van der Waals surface area contributed by atoms with E-state index in [1.165, 1.54) is 17.9 Å². The summed E-state index contributed by atoms with van der Waals surface area (Å²) in [6.45, 7) is 5.88. The molecular weight excluding hydrogens is 236 g/mol. The van der Waals surface area contributed by atoms with E-state index in [9.17, 15) is 9.59 Å². The van der Waals surface area contributed by atoms with Gasteiger partial charge in [-0.05, 0) is 5.92 Å². The minimum absolute atomic E-state index is 0.0238. The summed E-state index contributed by atoms with van der Waals surface area (Å²) in [5.41, 5.74) is 0.0238. The number of hydrogen-bond acceptors (Lipinski definition) is 3. The second-order valence-corrected chi connectivity index (χ2v) is 4.73. The van der Waals surface area contributed by atoms with Gasteiger partial charge in [-0.25, -0.2) is 4.79 Å². The van der Waals surface area contributed by atoms with E-state index in [4.69, 9.17) is 9.84 Å². The lowest BCUT2D eigenvalue weighted by atomic mass is 10.1. The highest BCUT2D eigenvalue weighted by atomic mass is 16.5. The van der Waals surface area contributed by atoms with Gasteiger partial charge in [-0.3, -0.25) is 9.69 Å². The zero-order valence-electron chi connectivity index (χ0n) is 10.6. The van der Waals surface area contributed by atoms with Crippen LogP contribution in [0.2, 0.25) is 0 Å². The summed E-state index contributed by atoms with van der Waals surface area (Å²) in [5.74, 6) is -0.117. The molecule has 6 nitrogen and oxygen atoms in total. The number of aromatic carboxylic acids is 1. The molecule has 1 aromatic heterocycles. The monoisotopic (exact) mass is 252 g/mol. The van der Waals surface area contributed by atoms with Gasteiger partial charge in [0.2, 0.25) is 5.91 Å². The Morgan fingerprint density at radius 3 is 2.72 bits per heavy atom. The van der Waals surface area contributed by atoms with Gasteiger partial charge < -0.3 is 14.8 Å². The standard InChI is InChI=1S/C12H16N2O4/c1-6(2)10-5-14(7(3)15)11-9(18-10)4-8(13-11)12(16)17/h4,6,10,13H,5H2,1-3H3,(H,16,17). The highest BCUT2D eigenvalue weighted by Crippen LogP contribution is 2.35. The van der Waals surface area contributed by atoms with Crippen molar-refractivity contribution < 1.29 is 19.4 Å². The summed E-state index contributed by atoms with van der Waals surface area (Å²) in [4.78, 5) is 26.8. The maximum atomic E-state index is 11.6. The van der Waals surface area contributed by atoms with Crippen LogP contribution in [0.5, 0.6) is 5.75 Å². The Morgan fingerprint density at radius 1 is 1.56 bits per heavy atom. The molecule has 0 radical (unpaired) electrons. The zero-order chi connectivity index (χ0) is 13.4. The van der Waals surface area contributed by atoms with Gasteiger partial charge >= 0.3 is 5.97 Å². The molecule has 0 bridgehead atoms. The third-order valence-corrected chi connectivity index (χ3v) is 3.03. The molecule has 6 heteroatoms. The molecule has 0 aromatic carbocycles. The molecule has 2 heterocycles. The van der Waals surface area contributed by atoms with Crippen LogP contribution in [-0.2, 0) is 4.79 Å². The number of anilines is 1. The van der Waals surface area contributed by atoms with Gasteiger partial charge in [-0.2, -0.15) is 0 Å². The number of carboxylic acids is 1. The number of carbonyl (C=O) groups excluding carboxylic acids is 1. The van der Waals surface area contributed by atoms with Gasteiger partial charge in [0, 0.05) is 13.0 Å². The third kappa shape index (κ3) is 2.05. The SMILES string of the molecule is CC(=O)N1CC(C(C)C)Oc2cc(C(=O)O)[nH]c21. The van der Waals surface area contributed by atoms with E-state index < -0.39 is 5.97 Å². The molecule has 1 unspecified atom stereocenters. The van der Waals surface area contributed by atoms with Crippen LogP contribution in [0.15, 0.2) is 6.07 Å². The second kappa shape index (κ2) is 4.36. The van der Waals surface area contributed by atoms with Crippen molar-refractivity contribution in [3.63, 3.8) is 0 Å². The van der Waals surface area contributed by atoms with Crippen molar-refractivity contribution in [2.24, 2.45) is 5.92 Å². The van der Waals surface area contributed by atoms with Crippen LogP contribution in [0.4, 0.5) is 5.82 Å². The Hall–Kier alpha value is -1.98. The number of ether oxygens (including phenoxy) is 1. The lowest BCUT2D eigenvalue weighted by molar-refractivity contribution is -0.117. The smallest absolute Gasteiger partial charge is 0.352 e. The number of rotatable bonds is 2. The summed E-state index contributed by atoms with van der Waals surface area (Å²) in [6, 6.07) is 1.42. The van der Waals surface area contributed by atoms with Crippen molar-refractivity contribution in [2.45, 2.75) is 26.9 Å². The number of hydrogen-bond donors (Lipinski definition) is 2. The fourth-order valence-electron chi connectivity index (χ4n) is 1.93. The molecular formula is C12H16N2O4. The Labute approximate surface area is 105 Å². The average Bonchev–Trinajstić information content (AvgIpc) is 2.70. The third-order valence-electron chi connectivity index (χ3n) is 3.03. The van der Waals surface area contributed by atoms with Crippen LogP contribution < -0.4 is 9.64 Å². The van der Waals surface area contributed by atoms with E-state index >= 15 is 0 Å². The molecule has 0 saturated carbocycles. The van der Waals surface area contributed by atoms with Crippen LogP contribution >= 0.6 is 0 Å². The highest BCUT2D eigenvalue weighted by Gasteiger charge is 2.32. The lowest BCUT2D eigenvalue weighted by Crippen LogP contribution is -2.44. The molecule has 0 fully saturated rings. The number of carbonyl (C=O) groups is 2. The van der Waals surface area contributed by atoms with Crippen LogP contribution in [-0.4, -0.2) is 34.6 Å². The van der Waals surface area contributed by atoms with Crippen molar-refractivity contribution in [2.75, 3.05) is 11.4 Å². The van der Waals surface area contributed by atoms with Crippen molar-refractivity contribution in [1.82, 2.24) is 4.98 Å². The molecule has 0 saturated heterocycles. The summed E-state index contributed by atoms with van der Waals surface area (Å²) >= 11 is 0. The summed E-state index contributed by atoms with van der Waals surface area (Å²) < 4.78 is 5.72. The van der Waals surface area contributed by atoms with Crippen molar-refractivity contribution in [3.8, 4) is 5.75 Å². The largest absolute Gasteiger partial charge is 0.484 e. The maximum Gasteiger partial charge on any atom is 0.352 e. The van der Waals surface area contributed by atoms with Gasteiger partial charge in [0.15, 0.2) is 11.6 Å². The Morgan fingerprint density at radius 2 is 2.22 bits per heavy atom. The molecule has 2 N–H and O–H groups in total. The Kier molecular flexibility index (Phi) is 3.02. The zero-order valence-corrected chi connectivity index (χ0v) is 10.6. The van der Waals surface area contributed by atoms with Crippen molar-refractivity contribution >= 4 is 17.7 Å². The maximum absolute atomic E-state index is 11.6. The molecule has 1 aliphatic heterocycles. The van der Waals surface area contributed by atoms with Gasteiger partial charge in [-0.1, -0.05) is 13.8 Å². The first kappa shape index (κ1) is 12.5. The number of aromatic nitrogens is 1. The average molecular weight is 252 g/mol. The minimum Gasteiger partial charge on any atom is -0.484 e. The number of carboxylic acid groups (broad SMARTS) is 1. The molecule has 2 rings (SSSR count). The van der Waals surface area contributed by atoms with Crippen LogP contribution in [0.1, 0.15) is 31.3 Å². The topological polar surface area (TPSA) is 82.6 Å². The first-order chi connectivity index (χ1) is 8.40. The van der Waals surface area contributed by atoms with Crippen molar-refractivity contribution in [1.29, 1.82) is 0 Å². The Balaban J connectivity index is 2.41. The van der Waals surface area contributed by atoms with Gasteiger partial charge in [-0.15, -0.1) is 0 Å². The molecule has 98 valence electrons. The molecule has 1 atom stereocenters. The quantitative estimate of drug-likeness (QED) is 0.835. The van der Waals surface area contributed by atoms with Gasteiger partial charge in [0.05, 0.1) is 6.54 Å². The van der Waals surface area contributed by atoms with Crippen LogP contribution in [0.25, 0.3) is 0 Å². The van der Waals surface area contributed by atoms with E-state index in [1.54, 1.807) is 0 Å². The fraction of sp³-hybridized carbons (Fsp3) is 0.500. The van der Waals surface area contributed by atoms with Crippen LogP contribution in [0.3, 0.4) is 0 Å². The normalized spacial score (nSPS) is 18.4. The molecule has 1 aliphatic rings. The molecule has 0 aliphatic carbocycles. The summed E-state index contributed by atoms with van der Waals surface area (Å²) in [5, 5.41) is 8.94. The first-order valence-corrected chi connectivity index (χ1v) is 5.81. The second-order valence-electron chi connectivity index (χ2n) is 4.73. The molecule has 0 spiro atoms. The van der Waals surface area contributed by atoms with E-state index in [0.29, 0.717) is 18.1 Å². The number of aromatic amines is 1. The van der Waals surface area contributed by atoms with E-state index in [2.05, 4.69) is 4.98 Å². The van der Waals surface area contributed by atoms with Gasteiger partial charge in [0.25, 0.3) is 0 Å². The number of H-pyrrole nitrogens is 1. The highest BCUT2D eigenvalue weighted by molar-refractivity contribution is 5.95. The fourth-order valence-corrected chi connectivity index (χ4v) is 1.93. The number of nitrogens with one attached hydrogen (secondary N) is 1. The predicted molar refractivity (Wildman–Crippen MR) is 65.0 cm³/mol. The molecule has 1 aromatic rings. The Bertz CT molecular complexity index is 492. The summed E-state index contributed by atoms with van der Waals surface area (Å²) in [7, 11) is 0. The minimum atomic E-state index is -1.07. The number of amides is 1. The summed E-state index contributed by atoms with van der Waals surface area (Å²) in [6.07, 6.45) is -0.126. The van der Waals surface area contributed by atoms with E-state index in [1.807, 2.05) is 13.8 Å². The predicted octanol–water partition coefficient (Wildman–Crippen LogP) is 1.48. The van der Waals surface area contributed by atoms with Crippen LogP contribution in [0, 0.1) is 5.92 Å².